The van der Waals surface area contributed by atoms with Crippen molar-refractivity contribution in [2.24, 2.45) is 0 Å². The van der Waals surface area contributed by atoms with Crippen molar-refractivity contribution >= 4 is 21.6 Å². The zero-order valence-corrected chi connectivity index (χ0v) is 20.3. The van der Waals surface area contributed by atoms with Gasteiger partial charge in [-0.2, -0.15) is 4.31 Å². The summed E-state index contributed by atoms with van der Waals surface area (Å²) in [5, 5.41) is 6.19. The van der Waals surface area contributed by atoms with E-state index in [2.05, 4.69) is 21.7 Å². The first-order valence-corrected chi connectivity index (χ1v) is 13.3. The number of imidazole rings is 1. The summed E-state index contributed by atoms with van der Waals surface area (Å²) in [6.07, 6.45) is 7.77. The van der Waals surface area contributed by atoms with E-state index in [9.17, 15) is 13.2 Å². The quantitative estimate of drug-likeness (QED) is 0.473. The topological polar surface area (TPSA) is 106 Å². The van der Waals surface area contributed by atoms with E-state index in [1.54, 1.807) is 24.7 Å². The van der Waals surface area contributed by atoms with Gasteiger partial charge in [0.15, 0.2) is 0 Å². The first-order chi connectivity index (χ1) is 17.0. The number of fused-ring (bicyclic) bond motifs is 1. The van der Waals surface area contributed by atoms with E-state index in [0.29, 0.717) is 50.6 Å². The Bertz CT molecular complexity index is 1300. The van der Waals surface area contributed by atoms with Gasteiger partial charge in [-0.3, -0.25) is 4.79 Å². The second kappa shape index (κ2) is 10.1. The lowest BCUT2D eigenvalue weighted by Gasteiger charge is -2.18. The molecule has 1 aromatic heterocycles. The van der Waals surface area contributed by atoms with Crippen LogP contribution < -0.4 is 15.4 Å². The normalized spacial score (nSPS) is 15.5. The van der Waals surface area contributed by atoms with Gasteiger partial charge in [-0.1, -0.05) is 12.1 Å². The molecule has 1 fully saturated rings. The van der Waals surface area contributed by atoms with Crippen molar-refractivity contribution in [3.63, 3.8) is 0 Å². The van der Waals surface area contributed by atoms with E-state index in [0.717, 1.165) is 30.6 Å². The third kappa shape index (κ3) is 5.33. The third-order valence-electron chi connectivity index (χ3n) is 6.34. The molecule has 1 amide bonds. The largest absolute Gasteiger partial charge is 0.493 e. The fourth-order valence-electron chi connectivity index (χ4n) is 4.43. The number of benzene rings is 2. The molecule has 184 valence electrons. The zero-order chi connectivity index (χ0) is 24.3. The molecule has 2 aromatic carbocycles. The standard InChI is InChI=1S/C25H29N5O4S/c31-25(27-7-11-29-10-6-26-18-29)21-14-22(16-23(15-21)35(32,33)30-8-1-2-9-30)28-17-19-3-4-24-20(13-19)5-12-34-24/h3-4,6,10,13-16,18,28H,1-2,5,7-9,11-12,17H2,(H,27,31). The van der Waals surface area contributed by atoms with Crippen LogP contribution in [0.3, 0.4) is 0 Å². The molecule has 0 atom stereocenters. The maximum absolute atomic E-state index is 13.3. The predicted octanol–water partition coefficient (Wildman–Crippen LogP) is 2.64. The number of nitrogens with one attached hydrogen (secondary N) is 2. The van der Waals surface area contributed by atoms with Crippen LogP contribution in [-0.2, 0) is 29.5 Å². The molecular weight excluding hydrogens is 466 g/mol. The molecule has 0 bridgehead atoms. The number of aromatic nitrogens is 2. The van der Waals surface area contributed by atoms with Gasteiger partial charge in [0.1, 0.15) is 5.75 Å². The van der Waals surface area contributed by atoms with E-state index in [1.807, 2.05) is 22.9 Å². The first-order valence-electron chi connectivity index (χ1n) is 11.9. The Kier molecular flexibility index (Phi) is 6.74. The number of nitrogens with zero attached hydrogens (tertiary/aromatic N) is 3. The summed E-state index contributed by atoms with van der Waals surface area (Å²) >= 11 is 0. The van der Waals surface area contributed by atoms with Crippen molar-refractivity contribution in [1.82, 2.24) is 19.2 Å². The van der Waals surface area contributed by atoms with Crippen molar-refractivity contribution < 1.29 is 17.9 Å². The van der Waals surface area contributed by atoms with Crippen LogP contribution in [0.4, 0.5) is 5.69 Å². The summed E-state index contributed by atoms with van der Waals surface area (Å²) in [4.78, 5) is 17.1. The lowest BCUT2D eigenvalue weighted by Crippen LogP contribution is -2.29. The Morgan fingerprint density at radius 2 is 1.97 bits per heavy atom. The minimum Gasteiger partial charge on any atom is -0.493 e. The lowest BCUT2D eigenvalue weighted by atomic mass is 10.1. The zero-order valence-electron chi connectivity index (χ0n) is 19.4. The van der Waals surface area contributed by atoms with Crippen LogP contribution in [-0.4, -0.2) is 54.4 Å². The fraction of sp³-hybridized carbons (Fsp3) is 0.360. The van der Waals surface area contributed by atoms with Crippen LogP contribution >= 0.6 is 0 Å². The molecule has 2 N–H and O–H groups in total. The van der Waals surface area contributed by atoms with Gasteiger partial charge in [-0.05, 0) is 48.2 Å². The molecule has 0 spiro atoms. The second-order valence-electron chi connectivity index (χ2n) is 8.81. The summed E-state index contributed by atoms with van der Waals surface area (Å²) < 4.78 is 35.5. The number of amides is 1. The minimum atomic E-state index is -3.68. The Morgan fingerprint density at radius 3 is 2.77 bits per heavy atom. The van der Waals surface area contributed by atoms with Gasteiger partial charge in [-0.25, -0.2) is 13.4 Å². The molecule has 2 aliphatic rings. The maximum atomic E-state index is 13.3. The van der Waals surface area contributed by atoms with Crippen molar-refractivity contribution in [2.75, 3.05) is 31.6 Å². The number of carbonyl (C=O) groups is 1. The molecule has 1 saturated heterocycles. The van der Waals surface area contributed by atoms with Crippen molar-refractivity contribution in [1.29, 1.82) is 0 Å². The number of ether oxygens (including phenoxy) is 1. The van der Waals surface area contributed by atoms with Crippen LogP contribution in [0.1, 0.15) is 34.3 Å². The Hall–Kier alpha value is -3.37. The molecule has 10 heteroatoms. The number of hydrogen-bond donors (Lipinski definition) is 2. The van der Waals surface area contributed by atoms with E-state index < -0.39 is 10.0 Å². The molecule has 5 rings (SSSR count). The Labute approximate surface area is 205 Å². The summed E-state index contributed by atoms with van der Waals surface area (Å²) in [5.74, 6) is 0.600. The summed E-state index contributed by atoms with van der Waals surface area (Å²) in [6.45, 7) is 3.18. The van der Waals surface area contributed by atoms with Gasteiger partial charge in [0.25, 0.3) is 5.91 Å². The van der Waals surface area contributed by atoms with E-state index in [1.165, 1.54) is 15.9 Å². The summed E-state index contributed by atoms with van der Waals surface area (Å²) in [6, 6.07) is 10.8. The van der Waals surface area contributed by atoms with Gasteiger partial charge in [0.2, 0.25) is 10.0 Å². The van der Waals surface area contributed by atoms with Crippen LogP contribution in [0.15, 0.2) is 60.0 Å². The highest BCUT2D eigenvalue weighted by atomic mass is 32.2. The van der Waals surface area contributed by atoms with Gasteiger partial charge >= 0.3 is 0 Å². The third-order valence-corrected chi connectivity index (χ3v) is 8.21. The highest BCUT2D eigenvalue weighted by Crippen LogP contribution is 2.28. The SMILES string of the molecule is O=C(NCCn1ccnc1)c1cc(NCc2ccc3c(c2)CCO3)cc(S(=O)(=O)N2CCCC2)c1. The van der Waals surface area contributed by atoms with Gasteiger partial charge < -0.3 is 19.9 Å². The van der Waals surface area contributed by atoms with Crippen LogP contribution in [0, 0.1) is 0 Å². The summed E-state index contributed by atoms with van der Waals surface area (Å²) in [5.41, 5.74) is 3.13. The first kappa shape index (κ1) is 23.4. The number of rotatable bonds is 9. The molecule has 3 aromatic rings. The Balaban J connectivity index is 1.36. The molecule has 0 radical (unpaired) electrons. The van der Waals surface area contributed by atoms with Gasteiger partial charge in [0.05, 0.1) is 17.8 Å². The maximum Gasteiger partial charge on any atom is 0.251 e. The fourth-order valence-corrected chi connectivity index (χ4v) is 6.02. The number of carbonyl (C=O) groups excluding carboxylic acids is 1. The molecule has 35 heavy (non-hydrogen) atoms. The molecule has 0 aliphatic carbocycles. The van der Waals surface area contributed by atoms with Crippen molar-refractivity contribution in [3.8, 4) is 5.75 Å². The van der Waals surface area contributed by atoms with E-state index in [-0.39, 0.29) is 10.8 Å². The molecule has 2 aliphatic heterocycles. The number of anilines is 1. The number of hydrogen-bond acceptors (Lipinski definition) is 6. The highest BCUT2D eigenvalue weighted by molar-refractivity contribution is 7.89. The Morgan fingerprint density at radius 1 is 1.11 bits per heavy atom. The van der Waals surface area contributed by atoms with Crippen molar-refractivity contribution in [3.05, 3.63) is 71.8 Å². The average Bonchev–Trinajstić information content (AvgIpc) is 3.65. The van der Waals surface area contributed by atoms with Gasteiger partial charge in [-0.15, -0.1) is 0 Å². The monoisotopic (exact) mass is 495 g/mol. The number of sulfonamides is 1. The minimum absolute atomic E-state index is 0.131. The molecule has 3 heterocycles. The second-order valence-corrected chi connectivity index (χ2v) is 10.7. The average molecular weight is 496 g/mol. The summed E-state index contributed by atoms with van der Waals surface area (Å²) in [7, 11) is -3.68. The van der Waals surface area contributed by atoms with Crippen LogP contribution in [0.25, 0.3) is 0 Å². The smallest absolute Gasteiger partial charge is 0.251 e. The van der Waals surface area contributed by atoms with E-state index in [4.69, 9.17) is 4.74 Å². The lowest BCUT2D eigenvalue weighted by molar-refractivity contribution is 0.0952. The molecule has 9 nitrogen and oxygen atoms in total. The molecular formula is C25H29N5O4S. The van der Waals surface area contributed by atoms with E-state index >= 15 is 0 Å². The molecule has 0 unspecified atom stereocenters. The highest BCUT2D eigenvalue weighted by Gasteiger charge is 2.28. The van der Waals surface area contributed by atoms with Crippen LogP contribution in [0.2, 0.25) is 0 Å². The van der Waals surface area contributed by atoms with Gasteiger partial charge in [0, 0.05) is 62.8 Å². The molecule has 0 saturated carbocycles. The predicted molar refractivity (Wildman–Crippen MR) is 132 cm³/mol. The van der Waals surface area contributed by atoms with Crippen LogP contribution in [0.5, 0.6) is 5.75 Å². The van der Waals surface area contributed by atoms with Crippen molar-refractivity contribution in [2.45, 2.75) is 37.2 Å².